The molecular weight excluding hydrogens is 136 g/mol. The molecule has 0 saturated carbocycles. The third-order valence-electron chi connectivity index (χ3n) is 1.45. The first-order chi connectivity index (χ1) is 4.97. The summed E-state index contributed by atoms with van der Waals surface area (Å²) >= 11 is 0. The largest absolute Gasteiger partial charge is 0.346 e. The van der Waals surface area contributed by atoms with Crippen LogP contribution in [0.25, 0.3) is 0 Å². The van der Waals surface area contributed by atoms with Crippen LogP contribution >= 0.6 is 0 Å². The van der Waals surface area contributed by atoms with Gasteiger partial charge in [0.25, 0.3) is 0 Å². The predicted molar refractivity (Wildman–Crippen MR) is 46.5 cm³/mol. The lowest BCUT2D eigenvalue weighted by Crippen LogP contribution is -2.10. The van der Waals surface area contributed by atoms with Crippen molar-refractivity contribution >= 4 is 0 Å². The van der Waals surface area contributed by atoms with Crippen molar-refractivity contribution in [3.05, 3.63) is 17.7 Å². The van der Waals surface area contributed by atoms with Crippen molar-refractivity contribution in [3.8, 4) is 0 Å². The average Bonchev–Trinajstić information content (AvgIpc) is 2.10. The van der Waals surface area contributed by atoms with Gasteiger partial charge in [0.05, 0.1) is 0 Å². The number of rotatable bonds is 1. The Hall–Kier alpha value is -0.790. The van der Waals surface area contributed by atoms with E-state index in [0.717, 1.165) is 17.9 Å². The van der Waals surface area contributed by atoms with Gasteiger partial charge in [-0.2, -0.15) is 0 Å². The van der Waals surface area contributed by atoms with E-state index in [-0.39, 0.29) is 0 Å². The van der Waals surface area contributed by atoms with Crippen LogP contribution in [0.5, 0.6) is 0 Å². The van der Waals surface area contributed by atoms with Crippen molar-refractivity contribution in [2.75, 3.05) is 0 Å². The highest BCUT2D eigenvalue weighted by Gasteiger charge is 2.12. The van der Waals surface area contributed by atoms with E-state index in [1.54, 1.807) is 0 Å². The first-order valence-corrected chi connectivity index (χ1v) is 3.98. The third-order valence-corrected chi connectivity index (χ3v) is 1.45. The SMILES string of the molecule is Cc1cnc(CC(C)(C)C)[nH]1. The minimum absolute atomic E-state index is 0.324. The quantitative estimate of drug-likeness (QED) is 0.657. The Morgan fingerprint density at radius 1 is 1.45 bits per heavy atom. The molecule has 0 saturated heterocycles. The Labute approximate surface area is 68.0 Å². The van der Waals surface area contributed by atoms with Gasteiger partial charge >= 0.3 is 0 Å². The first-order valence-electron chi connectivity index (χ1n) is 3.98. The van der Waals surface area contributed by atoms with Crippen LogP contribution in [-0.4, -0.2) is 9.97 Å². The third kappa shape index (κ3) is 2.74. The Morgan fingerprint density at radius 3 is 2.45 bits per heavy atom. The van der Waals surface area contributed by atoms with Crippen molar-refractivity contribution in [2.24, 2.45) is 5.41 Å². The second-order valence-electron chi connectivity index (χ2n) is 4.25. The standard InChI is InChI=1S/C9H16N2/c1-7-6-10-8(11-7)5-9(2,3)4/h6H,5H2,1-4H3,(H,10,11). The molecule has 1 heterocycles. The van der Waals surface area contributed by atoms with Gasteiger partial charge in [0, 0.05) is 18.3 Å². The van der Waals surface area contributed by atoms with Crippen molar-refractivity contribution in [2.45, 2.75) is 34.1 Å². The summed E-state index contributed by atoms with van der Waals surface area (Å²) in [6, 6.07) is 0. The molecule has 0 unspecified atom stereocenters. The molecule has 0 aromatic carbocycles. The zero-order valence-electron chi connectivity index (χ0n) is 7.73. The van der Waals surface area contributed by atoms with Crippen LogP contribution < -0.4 is 0 Å². The van der Waals surface area contributed by atoms with Gasteiger partial charge in [0.1, 0.15) is 5.82 Å². The topological polar surface area (TPSA) is 28.7 Å². The van der Waals surface area contributed by atoms with Crippen molar-refractivity contribution in [1.29, 1.82) is 0 Å². The summed E-state index contributed by atoms with van der Waals surface area (Å²) in [6.07, 6.45) is 2.89. The van der Waals surface area contributed by atoms with Gasteiger partial charge in [-0.05, 0) is 12.3 Å². The fraction of sp³-hybridized carbons (Fsp3) is 0.667. The Kier molecular flexibility index (Phi) is 2.03. The number of imidazole rings is 1. The maximum Gasteiger partial charge on any atom is 0.106 e. The number of hydrogen-bond acceptors (Lipinski definition) is 1. The summed E-state index contributed by atoms with van der Waals surface area (Å²) in [5, 5.41) is 0. The first kappa shape index (κ1) is 8.31. The number of nitrogens with one attached hydrogen (secondary N) is 1. The summed E-state index contributed by atoms with van der Waals surface area (Å²) in [7, 11) is 0. The molecule has 2 heteroatoms. The predicted octanol–water partition coefficient (Wildman–Crippen LogP) is 2.31. The van der Waals surface area contributed by atoms with E-state index >= 15 is 0 Å². The van der Waals surface area contributed by atoms with Crippen LogP contribution in [0.4, 0.5) is 0 Å². The summed E-state index contributed by atoms with van der Waals surface area (Å²) in [5.41, 5.74) is 1.47. The minimum Gasteiger partial charge on any atom is -0.346 e. The van der Waals surface area contributed by atoms with Crippen LogP contribution in [0.15, 0.2) is 6.20 Å². The van der Waals surface area contributed by atoms with Crippen LogP contribution in [0.2, 0.25) is 0 Å². The summed E-state index contributed by atoms with van der Waals surface area (Å²) < 4.78 is 0. The molecule has 0 amide bonds. The van der Waals surface area contributed by atoms with E-state index in [0.29, 0.717) is 5.41 Å². The van der Waals surface area contributed by atoms with Gasteiger partial charge in [-0.25, -0.2) is 4.98 Å². The smallest absolute Gasteiger partial charge is 0.106 e. The number of aromatic nitrogens is 2. The van der Waals surface area contributed by atoms with E-state index in [9.17, 15) is 0 Å². The maximum atomic E-state index is 4.25. The molecule has 0 radical (unpaired) electrons. The molecule has 11 heavy (non-hydrogen) atoms. The van der Waals surface area contributed by atoms with E-state index in [2.05, 4.69) is 30.7 Å². The van der Waals surface area contributed by atoms with Crippen LogP contribution in [0.1, 0.15) is 32.3 Å². The van der Waals surface area contributed by atoms with Gasteiger partial charge in [0.15, 0.2) is 0 Å². The molecule has 0 fully saturated rings. The van der Waals surface area contributed by atoms with Gasteiger partial charge in [0.2, 0.25) is 0 Å². The normalized spacial score (nSPS) is 12.0. The molecule has 0 aliphatic carbocycles. The van der Waals surface area contributed by atoms with E-state index < -0.39 is 0 Å². The van der Waals surface area contributed by atoms with E-state index in [4.69, 9.17) is 0 Å². The summed E-state index contributed by atoms with van der Waals surface area (Å²) in [6.45, 7) is 8.67. The van der Waals surface area contributed by atoms with Crippen molar-refractivity contribution in [1.82, 2.24) is 9.97 Å². The lowest BCUT2D eigenvalue weighted by atomic mass is 9.92. The van der Waals surface area contributed by atoms with Crippen molar-refractivity contribution in [3.63, 3.8) is 0 Å². The lowest BCUT2D eigenvalue weighted by Gasteiger charge is -2.15. The molecule has 1 aromatic heterocycles. The lowest BCUT2D eigenvalue weighted by molar-refractivity contribution is 0.402. The molecule has 62 valence electrons. The zero-order valence-corrected chi connectivity index (χ0v) is 7.73. The number of aromatic amines is 1. The van der Waals surface area contributed by atoms with Crippen LogP contribution in [0.3, 0.4) is 0 Å². The second-order valence-corrected chi connectivity index (χ2v) is 4.25. The summed E-state index contributed by atoms with van der Waals surface area (Å²) in [5.74, 6) is 1.09. The number of nitrogens with zero attached hydrogens (tertiary/aromatic N) is 1. The van der Waals surface area contributed by atoms with Gasteiger partial charge in [-0.15, -0.1) is 0 Å². The Bertz CT molecular complexity index is 230. The molecule has 0 aliphatic heterocycles. The minimum atomic E-state index is 0.324. The number of aryl methyl sites for hydroxylation is 1. The maximum absolute atomic E-state index is 4.25. The van der Waals surface area contributed by atoms with Crippen LogP contribution in [-0.2, 0) is 6.42 Å². The van der Waals surface area contributed by atoms with Gasteiger partial charge < -0.3 is 4.98 Å². The highest BCUT2D eigenvalue weighted by Crippen LogP contribution is 2.18. The Morgan fingerprint density at radius 2 is 2.09 bits per heavy atom. The molecular formula is C9H16N2. The molecule has 0 atom stereocenters. The fourth-order valence-corrected chi connectivity index (χ4v) is 1.06. The van der Waals surface area contributed by atoms with E-state index in [1.807, 2.05) is 13.1 Å². The monoisotopic (exact) mass is 152 g/mol. The molecule has 0 aliphatic rings. The second kappa shape index (κ2) is 2.68. The average molecular weight is 152 g/mol. The molecule has 2 nitrogen and oxygen atoms in total. The number of hydrogen-bond donors (Lipinski definition) is 1. The highest BCUT2D eigenvalue weighted by molar-refractivity contribution is 4.99. The summed E-state index contributed by atoms with van der Waals surface area (Å²) in [4.78, 5) is 7.47. The number of H-pyrrole nitrogens is 1. The van der Waals surface area contributed by atoms with Gasteiger partial charge in [-0.1, -0.05) is 20.8 Å². The molecule has 0 bridgehead atoms. The fourth-order valence-electron chi connectivity index (χ4n) is 1.06. The van der Waals surface area contributed by atoms with Gasteiger partial charge in [-0.3, -0.25) is 0 Å². The van der Waals surface area contributed by atoms with E-state index in [1.165, 1.54) is 0 Å². The molecule has 0 spiro atoms. The zero-order chi connectivity index (χ0) is 8.48. The Balaban J connectivity index is 2.65. The highest BCUT2D eigenvalue weighted by atomic mass is 14.9. The van der Waals surface area contributed by atoms with Crippen LogP contribution in [0, 0.1) is 12.3 Å². The molecule has 1 N–H and O–H groups in total. The molecule has 1 aromatic rings. The molecule has 1 rings (SSSR count). The van der Waals surface area contributed by atoms with Crippen molar-refractivity contribution < 1.29 is 0 Å².